The first kappa shape index (κ1) is 39.7. The van der Waals surface area contributed by atoms with E-state index in [-0.39, 0.29) is 57.0 Å². The molecule has 0 bridgehead atoms. The maximum atomic E-state index is 12.9. The number of unbranched alkanes of at least 4 members (excludes halogenated alkanes) is 10. The number of carbonyl (C=O) groups excluding carboxylic acids is 4. The quantitative estimate of drug-likeness (QED) is 0.0744. The SMILES string of the molecule is CCCCCCCCOC(=O)CC(COC(=O)CCCCCCCC)CC(=O)O[C@@H]1C[C@@H](CO)N(C(=O)OCC(C)(C)C)C1. The van der Waals surface area contributed by atoms with Crippen molar-refractivity contribution >= 4 is 24.0 Å². The number of hydrogen-bond acceptors (Lipinski definition) is 9. The third-order valence-electron chi connectivity index (χ3n) is 7.63. The van der Waals surface area contributed by atoms with Crippen LogP contribution in [0.4, 0.5) is 4.79 Å². The molecule has 0 aromatic carbocycles. The Labute approximate surface area is 265 Å². The lowest BCUT2D eigenvalue weighted by molar-refractivity contribution is -0.155. The average Bonchev–Trinajstić information content (AvgIpc) is 3.38. The van der Waals surface area contributed by atoms with Crippen molar-refractivity contribution in [3.63, 3.8) is 0 Å². The maximum absolute atomic E-state index is 12.9. The molecule has 1 amide bonds. The summed E-state index contributed by atoms with van der Waals surface area (Å²) in [5.41, 5.74) is -0.209. The van der Waals surface area contributed by atoms with Crippen LogP contribution in [-0.2, 0) is 33.3 Å². The van der Waals surface area contributed by atoms with Crippen LogP contribution in [0.2, 0.25) is 0 Å². The van der Waals surface area contributed by atoms with Gasteiger partial charge in [0.2, 0.25) is 0 Å². The number of nitrogens with zero attached hydrogens (tertiary/aromatic N) is 1. The van der Waals surface area contributed by atoms with E-state index in [0.717, 1.165) is 51.4 Å². The molecule has 3 atom stereocenters. The number of esters is 3. The van der Waals surface area contributed by atoms with Crippen LogP contribution in [0.5, 0.6) is 0 Å². The van der Waals surface area contributed by atoms with Crippen LogP contribution >= 0.6 is 0 Å². The topological polar surface area (TPSA) is 129 Å². The van der Waals surface area contributed by atoms with Crippen LogP contribution in [0.25, 0.3) is 0 Å². The van der Waals surface area contributed by atoms with Gasteiger partial charge in [-0.3, -0.25) is 19.3 Å². The van der Waals surface area contributed by atoms with Crippen molar-refractivity contribution in [2.75, 3.05) is 33.0 Å². The van der Waals surface area contributed by atoms with Gasteiger partial charge in [0.15, 0.2) is 0 Å². The number of carbonyl (C=O) groups is 4. The molecule has 0 aliphatic carbocycles. The second-order valence-electron chi connectivity index (χ2n) is 13.4. The fraction of sp³-hybridized carbons (Fsp3) is 0.882. The summed E-state index contributed by atoms with van der Waals surface area (Å²) in [5.74, 6) is -1.92. The molecule has 1 heterocycles. The van der Waals surface area contributed by atoms with Gasteiger partial charge in [0.1, 0.15) is 6.10 Å². The Kier molecular flexibility index (Phi) is 20.8. The fourth-order valence-corrected chi connectivity index (χ4v) is 5.07. The Balaban J connectivity index is 2.63. The Morgan fingerprint density at radius 2 is 1.36 bits per heavy atom. The van der Waals surface area contributed by atoms with Gasteiger partial charge in [-0.2, -0.15) is 0 Å². The molecule has 1 rings (SSSR count). The van der Waals surface area contributed by atoms with Gasteiger partial charge in [-0.25, -0.2) is 4.79 Å². The molecule has 10 nitrogen and oxygen atoms in total. The fourth-order valence-electron chi connectivity index (χ4n) is 5.07. The van der Waals surface area contributed by atoms with E-state index < -0.39 is 36.1 Å². The maximum Gasteiger partial charge on any atom is 0.410 e. The molecule has 44 heavy (non-hydrogen) atoms. The Bertz CT molecular complexity index is 826. The first-order valence-corrected chi connectivity index (χ1v) is 17.0. The van der Waals surface area contributed by atoms with Crippen molar-refractivity contribution in [1.29, 1.82) is 0 Å². The van der Waals surface area contributed by atoms with E-state index >= 15 is 0 Å². The third-order valence-corrected chi connectivity index (χ3v) is 7.63. The number of ether oxygens (including phenoxy) is 4. The van der Waals surface area contributed by atoms with Gasteiger partial charge in [-0.05, 0) is 18.3 Å². The van der Waals surface area contributed by atoms with E-state index in [1.165, 1.54) is 30.6 Å². The first-order chi connectivity index (χ1) is 21.0. The molecule has 0 aromatic rings. The summed E-state index contributed by atoms with van der Waals surface area (Å²) in [6.07, 6.45) is 12.0. The van der Waals surface area contributed by atoms with Gasteiger partial charge in [-0.15, -0.1) is 0 Å². The lowest BCUT2D eigenvalue weighted by Gasteiger charge is -2.25. The van der Waals surface area contributed by atoms with E-state index in [9.17, 15) is 24.3 Å². The Hall–Kier alpha value is -2.36. The van der Waals surface area contributed by atoms with Crippen molar-refractivity contribution in [2.24, 2.45) is 11.3 Å². The third kappa shape index (κ3) is 19.1. The number of amides is 1. The molecule has 0 spiro atoms. The van der Waals surface area contributed by atoms with Crippen molar-refractivity contribution in [3.8, 4) is 0 Å². The molecular weight excluding hydrogens is 566 g/mol. The van der Waals surface area contributed by atoms with Crippen molar-refractivity contribution in [1.82, 2.24) is 4.90 Å². The van der Waals surface area contributed by atoms with E-state index in [1.54, 1.807) is 0 Å². The highest BCUT2D eigenvalue weighted by Crippen LogP contribution is 2.24. The lowest BCUT2D eigenvalue weighted by atomic mass is 9.99. The summed E-state index contributed by atoms with van der Waals surface area (Å²) in [4.78, 5) is 51.9. The largest absolute Gasteiger partial charge is 0.466 e. The molecule has 10 heteroatoms. The van der Waals surface area contributed by atoms with Crippen molar-refractivity contribution in [2.45, 2.75) is 149 Å². The number of likely N-dealkylation sites (tertiary alicyclic amines) is 1. The predicted octanol–water partition coefficient (Wildman–Crippen LogP) is 6.74. The number of rotatable bonds is 23. The first-order valence-electron chi connectivity index (χ1n) is 17.0. The van der Waals surface area contributed by atoms with Gasteiger partial charge in [0.05, 0.1) is 51.9 Å². The van der Waals surface area contributed by atoms with Gasteiger partial charge < -0.3 is 24.1 Å². The van der Waals surface area contributed by atoms with Crippen LogP contribution in [0, 0.1) is 11.3 Å². The molecule has 1 fully saturated rings. The van der Waals surface area contributed by atoms with Crippen LogP contribution in [0.1, 0.15) is 137 Å². The standard InChI is InChI=1S/C34H61NO9/c1-6-8-10-12-14-16-18-30(37)42-25-27(20-31(38)41-19-17-15-13-11-9-7-2)21-32(39)44-29-22-28(24-36)35(23-29)33(40)43-26-34(3,4)5/h27-29,36H,6-26H2,1-5H3/t27?,28-,29+/m0/s1. The lowest BCUT2D eigenvalue weighted by Crippen LogP contribution is -2.39. The van der Waals surface area contributed by atoms with Gasteiger partial charge >= 0.3 is 24.0 Å². The minimum absolute atomic E-state index is 0.0651. The zero-order valence-electron chi connectivity index (χ0n) is 28.2. The van der Waals surface area contributed by atoms with Crippen molar-refractivity contribution < 1.29 is 43.2 Å². The summed E-state index contributed by atoms with van der Waals surface area (Å²) in [6.45, 7) is 10.5. The minimum atomic E-state index is -0.614. The van der Waals surface area contributed by atoms with Gasteiger partial charge in [-0.1, -0.05) is 98.8 Å². The molecule has 256 valence electrons. The van der Waals surface area contributed by atoms with Crippen LogP contribution in [0.3, 0.4) is 0 Å². The number of aliphatic hydroxyl groups is 1. The van der Waals surface area contributed by atoms with Crippen LogP contribution in [-0.4, -0.2) is 79.1 Å². The molecule has 0 aromatic heterocycles. The summed E-state index contributed by atoms with van der Waals surface area (Å²) in [6, 6.07) is -0.518. The minimum Gasteiger partial charge on any atom is -0.466 e. The molecule has 1 unspecified atom stereocenters. The highest BCUT2D eigenvalue weighted by Gasteiger charge is 2.38. The van der Waals surface area contributed by atoms with Crippen LogP contribution in [0.15, 0.2) is 0 Å². The molecule has 0 saturated carbocycles. The predicted molar refractivity (Wildman–Crippen MR) is 169 cm³/mol. The Morgan fingerprint density at radius 1 is 0.773 bits per heavy atom. The zero-order valence-corrected chi connectivity index (χ0v) is 28.2. The molecule has 1 saturated heterocycles. The molecule has 1 aliphatic rings. The van der Waals surface area contributed by atoms with Crippen molar-refractivity contribution in [3.05, 3.63) is 0 Å². The average molecular weight is 628 g/mol. The smallest absolute Gasteiger partial charge is 0.410 e. The second-order valence-corrected chi connectivity index (χ2v) is 13.4. The van der Waals surface area contributed by atoms with Crippen LogP contribution < -0.4 is 0 Å². The van der Waals surface area contributed by atoms with Gasteiger partial charge in [0, 0.05) is 18.8 Å². The Morgan fingerprint density at radius 3 is 1.98 bits per heavy atom. The molecule has 0 radical (unpaired) electrons. The van der Waals surface area contributed by atoms with Gasteiger partial charge in [0.25, 0.3) is 0 Å². The highest BCUT2D eigenvalue weighted by atomic mass is 16.6. The van der Waals surface area contributed by atoms with E-state index in [4.69, 9.17) is 18.9 Å². The summed E-state index contributed by atoms with van der Waals surface area (Å²) in [7, 11) is 0. The second kappa shape index (κ2) is 23.0. The highest BCUT2D eigenvalue weighted by molar-refractivity contribution is 5.74. The van der Waals surface area contributed by atoms with E-state index in [0.29, 0.717) is 13.0 Å². The normalized spacial score (nSPS) is 17.3. The molecule has 1 N–H and O–H groups in total. The number of aliphatic hydroxyl groups excluding tert-OH is 1. The summed E-state index contributed by atoms with van der Waals surface area (Å²) in [5, 5.41) is 9.80. The zero-order chi connectivity index (χ0) is 32.8. The van der Waals surface area contributed by atoms with E-state index in [1.807, 2.05) is 20.8 Å². The van der Waals surface area contributed by atoms with E-state index in [2.05, 4.69) is 13.8 Å². The molecule has 1 aliphatic heterocycles. The molecular formula is C34H61NO9. The number of hydrogen-bond donors (Lipinski definition) is 1. The monoisotopic (exact) mass is 627 g/mol. The summed E-state index contributed by atoms with van der Waals surface area (Å²) < 4.78 is 21.9. The summed E-state index contributed by atoms with van der Waals surface area (Å²) >= 11 is 0.